The van der Waals surface area contributed by atoms with E-state index < -0.39 is 0 Å². The van der Waals surface area contributed by atoms with Gasteiger partial charge in [-0.25, -0.2) is 0 Å². The summed E-state index contributed by atoms with van der Waals surface area (Å²) in [5.41, 5.74) is 0. The molecule has 3 rings (SSSR count). The molecule has 27 heavy (non-hydrogen) atoms. The molecule has 0 aliphatic heterocycles. The lowest BCUT2D eigenvalue weighted by Crippen LogP contribution is -1.95. The summed E-state index contributed by atoms with van der Waals surface area (Å²) in [4.78, 5) is 14.2. The Morgan fingerprint density at radius 2 is 1.89 bits per heavy atom. The number of carbonyl (C=O) groups is 1. The normalized spacial score (nSPS) is 11.3. The van der Waals surface area contributed by atoms with Gasteiger partial charge in [-0.15, -0.1) is 11.3 Å². The highest BCUT2D eigenvalue weighted by Gasteiger charge is 2.10. The number of carbonyl (C=O) groups excluding carboxylic acids is 1. The van der Waals surface area contributed by atoms with E-state index in [0.29, 0.717) is 17.3 Å². The Morgan fingerprint density at radius 1 is 1.15 bits per heavy atom. The molecule has 0 saturated heterocycles. The van der Waals surface area contributed by atoms with Crippen LogP contribution in [0.1, 0.15) is 33.0 Å². The van der Waals surface area contributed by atoms with Gasteiger partial charge < -0.3 is 9.15 Å². The lowest BCUT2D eigenvalue weighted by molar-refractivity contribution is 0.105. The van der Waals surface area contributed by atoms with E-state index in [1.807, 2.05) is 36.4 Å². The number of benzene rings is 1. The molecule has 0 amide bonds. The maximum absolute atomic E-state index is 12.2. The fourth-order valence-electron chi connectivity index (χ4n) is 2.31. The van der Waals surface area contributed by atoms with E-state index in [4.69, 9.17) is 9.15 Å². The van der Waals surface area contributed by atoms with E-state index >= 15 is 0 Å². The Labute approximate surface area is 186 Å². The van der Waals surface area contributed by atoms with Crippen LogP contribution in [0.15, 0.2) is 60.3 Å². The number of furan rings is 1. The summed E-state index contributed by atoms with van der Waals surface area (Å²) in [5.74, 6) is 1.97. The molecule has 0 atom stereocenters. The first-order chi connectivity index (χ1) is 13.0. The molecule has 0 spiro atoms. The van der Waals surface area contributed by atoms with Crippen molar-refractivity contribution in [2.45, 2.75) is 20.0 Å². The van der Waals surface area contributed by atoms with Crippen molar-refractivity contribution < 1.29 is 13.9 Å². The summed E-state index contributed by atoms with van der Waals surface area (Å²) in [5, 5.41) is 0. The lowest BCUT2D eigenvalue weighted by atomic mass is 10.2. The molecule has 0 fully saturated rings. The van der Waals surface area contributed by atoms with Gasteiger partial charge in [0.25, 0.3) is 0 Å². The smallest absolute Gasteiger partial charge is 0.195 e. The summed E-state index contributed by atoms with van der Waals surface area (Å²) < 4.78 is 14.2. The summed E-state index contributed by atoms with van der Waals surface area (Å²) in [7, 11) is 0. The topological polar surface area (TPSA) is 39.4 Å². The third-order valence-electron chi connectivity index (χ3n) is 3.66. The molecule has 0 bridgehead atoms. The quantitative estimate of drug-likeness (QED) is 0.215. The highest BCUT2D eigenvalue weighted by atomic mass is 79.9. The number of halogens is 3. The largest absolute Gasteiger partial charge is 0.483 e. The molecule has 0 aliphatic carbocycles. The van der Waals surface area contributed by atoms with Gasteiger partial charge in [-0.2, -0.15) is 0 Å². The van der Waals surface area contributed by atoms with Crippen molar-refractivity contribution >= 4 is 71.0 Å². The van der Waals surface area contributed by atoms with Crippen LogP contribution >= 0.6 is 59.1 Å². The van der Waals surface area contributed by atoms with Crippen molar-refractivity contribution in [3.8, 4) is 5.75 Å². The average molecular weight is 575 g/mol. The van der Waals surface area contributed by atoms with Gasteiger partial charge in [-0.05, 0) is 86.8 Å². The Kier molecular flexibility index (Phi) is 7.14. The van der Waals surface area contributed by atoms with Gasteiger partial charge in [-0.3, -0.25) is 4.79 Å². The third kappa shape index (κ3) is 5.44. The average Bonchev–Trinajstić information content (AvgIpc) is 3.28. The van der Waals surface area contributed by atoms with Crippen LogP contribution < -0.4 is 4.74 Å². The molecule has 3 aromatic rings. The van der Waals surface area contributed by atoms with E-state index in [9.17, 15) is 4.79 Å². The fourth-order valence-corrected chi connectivity index (χ4v) is 5.67. The number of allylic oxidation sites excluding steroid dienone is 1. The van der Waals surface area contributed by atoms with Crippen LogP contribution in [0.25, 0.3) is 6.08 Å². The SMILES string of the molecule is CCc1ccc(C(=O)/C=C/c2ccc(COc3c(Br)cc(Br)cc3Br)o2)s1. The van der Waals surface area contributed by atoms with Crippen molar-refractivity contribution in [1.29, 1.82) is 0 Å². The minimum Gasteiger partial charge on any atom is -0.483 e. The number of rotatable bonds is 7. The summed E-state index contributed by atoms with van der Waals surface area (Å²) in [6, 6.07) is 11.3. The van der Waals surface area contributed by atoms with Crippen LogP contribution in [0, 0.1) is 0 Å². The highest BCUT2D eigenvalue weighted by molar-refractivity contribution is 9.11. The second-order valence-corrected chi connectivity index (χ2v) is 9.40. The lowest BCUT2D eigenvalue weighted by Gasteiger charge is -2.09. The van der Waals surface area contributed by atoms with Crippen LogP contribution in [0.4, 0.5) is 0 Å². The minimum absolute atomic E-state index is 0.0170. The monoisotopic (exact) mass is 572 g/mol. The molecule has 2 heterocycles. The molecular weight excluding hydrogens is 560 g/mol. The first-order valence-corrected chi connectivity index (χ1v) is 11.3. The molecule has 140 valence electrons. The zero-order valence-electron chi connectivity index (χ0n) is 14.3. The molecule has 0 N–H and O–H groups in total. The van der Waals surface area contributed by atoms with Gasteiger partial charge in [0.2, 0.25) is 0 Å². The van der Waals surface area contributed by atoms with Gasteiger partial charge >= 0.3 is 0 Å². The van der Waals surface area contributed by atoms with Gasteiger partial charge in [0.1, 0.15) is 23.9 Å². The molecule has 3 nitrogen and oxygen atoms in total. The molecule has 7 heteroatoms. The van der Waals surface area contributed by atoms with E-state index in [0.717, 1.165) is 24.7 Å². The Balaban J connectivity index is 1.62. The number of ether oxygens (including phenoxy) is 1. The van der Waals surface area contributed by atoms with Crippen LogP contribution in [-0.2, 0) is 13.0 Å². The molecule has 1 aromatic carbocycles. The van der Waals surface area contributed by atoms with Crippen molar-refractivity contribution in [3.63, 3.8) is 0 Å². The summed E-state index contributed by atoms with van der Waals surface area (Å²) in [6.45, 7) is 2.36. The van der Waals surface area contributed by atoms with Crippen LogP contribution in [0.3, 0.4) is 0 Å². The van der Waals surface area contributed by atoms with E-state index in [-0.39, 0.29) is 12.4 Å². The van der Waals surface area contributed by atoms with Crippen LogP contribution in [0.2, 0.25) is 0 Å². The number of aryl methyl sites for hydroxylation is 1. The van der Waals surface area contributed by atoms with E-state index in [1.165, 1.54) is 22.3 Å². The van der Waals surface area contributed by atoms with Crippen molar-refractivity contribution in [3.05, 3.63) is 77.2 Å². The van der Waals surface area contributed by atoms with Crippen molar-refractivity contribution in [2.24, 2.45) is 0 Å². The summed E-state index contributed by atoms with van der Waals surface area (Å²) in [6.07, 6.45) is 4.16. The van der Waals surface area contributed by atoms with Gasteiger partial charge in [0, 0.05) is 9.35 Å². The van der Waals surface area contributed by atoms with E-state index in [2.05, 4.69) is 54.7 Å². The standard InChI is InChI=1S/C20H15Br3O3S/c1-2-15-6-8-19(27-15)18(24)7-5-13-3-4-14(26-13)11-25-20-16(22)9-12(21)10-17(20)23/h3-10H,2,11H2,1H3/b7-5+. The fraction of sp³-hybridized carbons (Fsp3) is 0.150. The maximum atomic E-state index is 12.2. The molecular formula is C20H15Br3O3S. The Hall–Kier alpha value is -1.15. The third-order valence-corrected chi connectivity index (χ3v) is 6.54. The zero-order chi connectivity index (χ0) is 19.4. The number of ketones is 1. The molecule has 0 unspecified atom stereocenters. The van der Waals surface area contributed by atoms with Crippen molar-refractivity contribution in [2.75, 3.05) is 0 Å². The minimum atomic E-state index is -0.0170. The number of hydrogen-bond donors (Lipinski definition) is 0. The second kappa shape index (κ2) is 9.37. The van der Waals surface area contributed by atoms with Crippen molar-refractivity contribution in [1.82, 2.24) is 0 Å². The first-order valence-electron chi connectivity index (χ1n) is 8.13. The van der Waals surface area contributed by atoms with Gasteiger partial charge in [-0.1, -0.05) is 22.9 Å². The van der Waals surface area contributed by atoms with Gasteiger partial charge in [0.05, 0.1) is 13.8 Å². The second-order valence-electron chi connectivity index (χ2n) is 5.61. The van der Waals surface area contributed by atoms with Crippen LogP contribution in [-0.4, -0.2) is 5.78 Å². The highest BCUT2D eigenvalue weighted by Crippen LogP contribution is 2.37. The predicted molar refractivity (Wildman–Crippen MR) is 120 cm³/mol. The zero-order valence-corrected chi connectivity index (χ0v) is 19.9. The molecule has 0 saturated carbocycles. The molecule has 0 radical (unpaired) electrons. The van der Waals surface area contributed by atoms with E-state index in [1.54, 1.807) is 6.08 Å². The maximum Gasteiger partial charge on any atom is 0.195 e. The summed E-state index contributed by atoms with van der Waals surface area (Å²) >= 11 is 11.9. The Bertz CT molecular complexity index is 965. The number of hydrogen-bond acceptors (Lipinski definition) is 4. The molecule has 2 aromatic heterocycles. The Morgan fingerprint density at radius 3 is 2.56 bits per heavy atom. The first kappa shape index (κ1) is 20.6. The predicted octanol–water partition coefficient (Wildman–Crippen LogP) is 7.67. The number of thiophene rings is 1. The molecule has 0 aliphatic rings. The van der Waals surface area contributed by atoms with Gasteiger partial charge in [0.15, 0.2) is 5.78 Å². The van der Waals surface area contributed by atoms with Crippen LogP contribution in [0.5, 0.6) is 5.75 Å².